The molecule has 2 amide bonds. The third kappa shape index (κ3) is 5.37. The van der Waals surface area contributed by atoms with Gasteiger partial charge in [0.25, 0.3) is 0 Å². The molecule has 1 aromatic carbocycles. The number of carboxylic acid groups (broad SMARTS) is 1. The molecule has 1 aromatic rings. The van der Waals surface area contributed by atoms with Crippen LogP contribution in [0.2, 0.25) is 0 Å². The summed E-state index contributed by atoms with van der Waals surface area (Å²) in [6.45, 7) is 1.92. The lowest BCUT2D eigenvalue weighted by molar-refractivity contribution is -0.141. The molecule has 5 nitrogen and oxygen atoms in total. The van der Waals surface area contributed by atoms with Crippen LogP contribution in [-0.2, 0) is 4.79 Å². The van der Waals surface area contributed by atoms with Gasteiger partial charge in [-0.25, -0.2) is 9.18 Å². The topological polar surface area (TPSA) is 78.4 Å². The van der Waals surface area contributed by atoms with Crippen LogP contribution in [0.1, 0.15) is 19.8 Å². The van der Waals surface area contributed by atoms with Crippen molar-refractivity contribution >= 4 is 17.7 Å². The highest BCUT2D eigenvalue weighted by Crippen LogP contribution is 2.09. The molecule has 104 valence electrons. The minimum atomic E-state index is -0.937. The smallest absolute Gasteiger partial charge is 0.319 e. The number of halogens is 1. The molecule has 0 fully saturated rings. The maximum Gasteiger partial charge on any atom is 0.319 e. The molecule has 0 aliphatic rings. The van der Waals surface area contributed by atoms with E-state index >= 15 is 0 Å². The molecule has 0 radical (unpaired) electrons. The number of carbonyl (C=O) groups is 2. The van der Waals surface area contributed by atoms with Crippen LogP contribution in [0.15, 0.2) is 24.3 Å². The van der Waals surface area contributed by atoms with Gasteiger partial charge in [0.2, 0.25) is 0 Å². The highest BCUT2D eigenvalue weighted by molar-refractivity contribution is 5.89. The lowest BCUT2D eigenvalue weighted by Crippen LogP contribution is -2.35. The lowest BCUT2D eigenvalue weighted by Gasteiger charge is -2.13. The number of carboxylic acids is 1. The molecular weight excluding hydrogens is 251 g/mol. The number of nitrogens with one attached hydrogen (secondary N) is 2. The van der Waals surface area contributed by atoms with Crippen molar-refractivity contribution in [1.82, 2.24) is 5.32 Å². The Morgan fingerprint density at radius 1 is 1.42 bits per heavy atom. The SMILES string of the molecule is CCCC(CNC(=O)Nc1cccc(F)c1)C(=O)O. The van der Waals surface area contributed by atoms with Gasteiger partial charge in [0, 0.05) is 12.2 Å². The molecule has 0 aliphatic heterocycles. The summed E-state index contributed by atoms with van der Waals surface area (Å²) in [4.78, 5) is 22.4. The highest BCUT2D eigenvalue weighted by atomic mass is 19.1. The molecule has 0 saturated heterocycles. The summed E-state index contributed by atoms with van der Waals surface area (Å²) >= 11 is 0. The summed E-state index contributed by atoms with van der Waals surface area (Å²) in [6.07, 6.45) is 1.22. The molecular formula is C13H17FN2O3. The van der Waals surface area contributed by atoms with Gasteiger partial charge in [-0.05, 0) is 24.6 Å². The molecule has 3 N–H and O–H groups in total. The minimum Gasteiger partial charge on any atom is -0.481 e. The number of aliphatic carboxylic acids is 1. The molecule has 0 bridgehead atoms. The Bertz CT molecular complexity index is 451. The van der Waals surface area contributed by atoms with Gasteiger partial charge in [-0.1, -0.05) is 19.4 Å². The molecule has 19 heavy (non-hydrogen) atoms. The number of rotatable bonds is 6. The van der Waals surface area contributed by atoms with Crippen LogP contribution >= 0.6 is 0 Å². The van der Waals surface area contributed by atoms with E-state index in [4.69, 9.17) is 5.11 Å². The molecule has 0 saturated carbocycles. The van der Waals surface area contributed by atoms with Gasteiger partial charge >= 0.3 is 12.0 Å². The van der Waals surface area contributed by atoms with E-state index in [0.29, 0.717) is 12.1 Å². The van der Waals surface area contributed by atoms with E-state index in [1.807, 2.05) is 6.92 Å². The van der Waals surface area contributed by atoms with Gasteiger partial charge in [-0.2, -0.15) is 0 Å². The van der Waals surface area contributed by atoms with Crippen LogP contribution in [0.5, 0.6) is 0 Å². The minimum absolute atomic E-state index is 0.0460. The van der Waals surface area contributed by atoms with Crippen molar-refractivity contribution in [2.24, 2.45) is 5.92 Å². The van der Waals surface area contributed by atoms with Crippen molar-refractivity contribution < 1.29 is 19.1 Å². The van der Waals surface area contributed by atoms with Gasteiger partial charge in [0.15, 0.2) is 0 Å². The quantitative estimate of drug-likeness (QED) is 0.741. The fourth-order valence-corrected chi connectivity index (χ4v) is 1.62. The fraction of sp³-hybridized carbons (Fsp3) is 0.385. The van der Waals surface area contributed by atoms with Crippen molar-refractivity contribution in [3.05, 3.63) is 30.1 Å². The number of hydrogen-bond acceptors (Lipinski definition) is 2. The molecule has 6 heteroatoms. The Kier molecular flexibility index (Phi) is 5.78. The van der Waals surface area contributed by atoms with Crippen molar-refractivity contribution in [3.63, 3.8) is 0 Å². The molecule has 1 unspecified atom stereocenters. The van der Waals surface area contributed by atoms with Crippen LogP contribution in [0.25, 0.3) is 0 Å². The lowest BCUT2D eigenvalue weighted by atomic mass is 10.0. The maximum atomic E-state index is 12.9. The van der Waals surface area contributed by atoms with Crippen LogP contribution in [0.3, 0.4) is 0 Å². The molecule has 0 aromatic heterocycles. The first-order valence-electron chi connectivity index (χ1n) is 6.06. The van der Waals surface area contributed by atoms with Crippen molar-refractivity contribution in [2.75, 3.05) is 11.9 Å². The van der Waals surface area contributed by atoms with Gasteiger partial charge < -0.3 is 15.7 Å². The Morgan fingerprint density at radius 3 is 2.74 bits per heavy atom. The average Bonchev–Trinajstić information content (AvgIpc) is 2.34. The summed E-state index contributed by atoms with van der Waals surface area (Å²) in [7, 11) is 0. The Hall–Kier alpha value is -2.11. The first-order chi connectivity index (χ1) is 9.02. The summed E-state index contributed by atoms with van der Waals surface area (Å²) in [5, 5.41) is 13.8. The van der Waals surface area contributed by atoms with Crippen molar-refractivity contribution in [1.29, 1.82) is 0 Å². The number of benzene rings is 1. The van der Waals surface area contributed by atoms with Crippen LogP contribution in [0, 0.1) is 11.7 Å². The summed E-state index contributed by atoms with van der Waals surface area (Å²) in [6, 6.07) is 4.92. The number of anilines is 1. The number of hydrogen-bond donors (Lipinski definition) is 3. The van der Waals surface area contributed by atoms with Gasteiger partial charge in [0.1, 0.15) is 5.82 Å². The third-order valence-corrected chi connectivity index (χ3v) is 2.58. The predicted molar refractivity (Wildman–Crippen MR) is 69.5 cm³/mol. The number of urea groups is 1. The van der Waals surface area contributed by atoms with Crippen LogP contribution in [-0.4, -0.2) is 23.7 Å². The van der Waals surface area contributed by atoms with Gasteiger partial charge in [0.05, 0.1) is 5.92 Å². The zero-order valence-corrected chi connectivity index (χ0v) is 10.6. The van der Waals surface area contributed by atoms with Gasteiger partial charge in [-0.3, -0.25) is 4.79 Å². The third-order valence-electron chi connectivity index (χ3n) is 2.58. The second-order valence-corrected chi connectivity index (χ2v) is 4.17. The second-order valence-electron chi connectivity index (χ2n) is 4.17. The zero-order chi connectivity index (χ0) is 14.3. The number of amides is 2. The molecule has 1 rings (SSSR count). The summed E-state index contributed by atoms with van der Waals surface area (Å²) in [5.74, 6) is -2.00. The van der Waals surface area contributed by atoms with E-state index in [1.54, 1.807) is 6.07 Å². The van der Waals surface area contributed by atoms with E-state index in [0.717, 1.165) is 6.42 Å². The predicted octanol–water partition coefficient (Wildman–Crippen LogP) is 2.45. The Labute approximate surface area is 110 Å². The van der Waals surface area contributed by atoms with Crippen LogP contribution < -0.4 is 10.6 Å². The van der Waals surface area contributed by atoms with Crippen LogP contribution in [0.4, 0.5) is 14.9 Å². The Morgan fingerprint density at radius 2 is 2.16 bits per heavy atom. The fourth-order valence-electron chi connectivity index (χ4n) is 1.62. The molecule has 0 spiro atoms. The average molecular weight is 268 g/mol. The Balaban J connectivity index is 2.45. The second kappa shape index (κ2) is 7.35. The highest BCUT2D eigenvalue weighted by Gasteiger charge is 2.17. The molecule has 1 atom stereocenters. The van der Waals surface area contributed by atoms with Crippen molar-refractivity contribution in [2.45, 2.75) is 19.8 Å². The number of carbonyl (C=O) groups excluding carboxylic acids is 1. The summed E-state index contributed by atoms with van der Waals surface area (Å²) < 4.78 is 12.9. The standard InChI is InChI=1S/C13H17FN2O3/c1-2-4-9(12(17)18)8-15-13(19)16-11-6-3-5-10(14)7-11/h3,5-7,9H,2,4,8H2,1H3,(H,17,18)(H2,15,16,19). The molecule has 0 aliphatic carbocycles. The first-order valence-corrected chi connectivity index (χ1v) is 6.06. The van der Waals surface area contributed by atoms with E-state index < -0.39 is 23.7 Å². The normalized spacial score (nSPS) is 11.7. The monoisotopic (exact) mass is 268 g/mol. The van der Waals surface area contributed by atoms with E-state index in [2.05, 4.69) is 10.6 Å². The molecule has 0 heterocycles. The first kappa shape index (κ1) is 14.9. The van der Waals surface area contributed by atoms with E-state index in [9.17, 15) is 14.0 Å². The van der Waals surface area contributed by atoms with Crippen molar-refractivity contribution in [3.8, 4) is 0 Å². The van der Waals surface area contributed by atoms with E-state index in [-0.39, 0.29) is 6.54 Å². The largest absolute Gasteiger partial charge is 0.481 e. The summed E-state index contributed by atoms with van der Waals surface area (Å²) in [5.41, 5.74) is 0.319. The maximum absolute atomic E-state index is 12.9. The zero-order valence-electron chi connectivity index (χ0n) is 10.6. The van der Waals surface area contributed by atoms with E-state index in [1.165, 1.54) is 18.2 Å². The van der Waals surface area contributed by atoms with Gasteiger partial charge in [-0.15, -0.1) is 0 Å².